The van der Waals surface area contributed by atoms with E-state index in [-0.39, 0.29) is 17.3 Å². The summed E-state index contributed by atoms with van der Waals surface area (Å²) >= 11 is 0. The van der Waals surface area contributed by atoms with Crippen LogP contribution in [0.5, 0.6) is 11.5 Å². The van der Waals surface area contributed by atoms with Crippen LogP contribution in [0.2, 0.25) is 0 Å². The van der Waals surface area contributed by atoms with Crippen LogP contribution in [0, 0.1) is 23.2 Å². The van der Waals surface area contributed by atoms with Crippen molar-refractivity contribution in [2.24, 2.45) is 23.2 Å². The van der Waals surface area contributed by atoms with Crippen molar-refractivity contribution in [1.29, 1.82) is 0 Å². The number of esters is 1. The minimum atomic E-state index is -0.339. The molecule has 0 saturated heterocycles. The Kier molecular flexibility index (Phi) is 7.41. The molecule has 0 amide bonds. The van der Waals surface area contributed by atoms with Gasteiger partial charge in [-0.1, -0.05) is 43.3 Å². The number of fused-ring (bicyclic) bond motifs is 5. The predicted molar refractivity (Wildman–Crippen MR) is 143 cm³/mol. The second kappa shape index (κ2) is 10.7. The number of allylic oxidation sites excluding steroid dienone is 1. The lowest BCUT2D eigenvalue weighted by atomic mass is 9.54. The molecule has 0 spiro atoms. The molecular formula is C32H38O5. The van der Waals surface area contributed by atoms with E-state index in [0.717, 1.165) is 49.2 Å². The van der Waals surface area contributed by atoms with Gasteiger partial charge in [0.2, 0.25) is 0 Å². The Balaban J connectivity index is 1.41. The number of aryl methyl sites for hydroxylation is 1. The summed E-state index contributed by atoms with van der Waals surface area (Å²) in [6.45, 7) is 5.29. The number of hydrogen-bond acceptors (Lipinski definition) is 5. The molecule has 5 nitrogen and oxygen atoms in total. The zero-order valence-corrected chi connectivity index (χ0v) is 22.2. The second-order valence-electron chi connectivity index (χ2n) is 11.0. The molecule has 0 aliphatic heterocycles. The Morgan fingerprint density at radius 1 is 1.11 bits per heavy atom. The van der Waals surface area contributed by atoms with Gasteiger partial charge in [0.15, 0.2) is 11.5 Å². The molecule has 3 aliphatic carbocycles. The zero-order chi connectivity index (χ0) is 26.0. The summed E-state index contributed by atoms with van der Waals surface area (Å²) in [5.74, 6) is 3.16. The summed E-state index contributed by atoms with van der Waals surface area (Å²) in [5.41, 5.74) is 3.59. The van der Waals surface area contributed by atoms with Crippen LogP contribution in [0.15, 0.2) is 54.6 Å². The van der Waals surface area contributed by atoms with Crippen LogP contribution in [0.3, 0.4) is 0 Å². The van der Waals surface area contributed by atoms with E-state index < -0.39 is 0 Å². The first kappa shape index (κ1) is 25.6. The van der Waals surface area contributed by atoms with Crippen molar-refractivity contribution in [2.75, 3.05) is 13.7 Å². The van der Waals surface area contributed by atoms with Gasteiger partial charge in [0.25, 0.3) is 0 Å². The summed E-state index contributed by atoms with van der Waals surface area (Å²) in [5, 5.41) is 0. The zero-order valence-electron chi connectivity index (χ0n) is 22.2. The number of carbonyl (C=O) groups is 2. The van der Waals surface area contributed by atoms with Crippen molar-refractivity contribution < 1.29 is 23.8 Å². The predicted octanol–water partition coefficient (Wildman–Crippen LogP) is 6.43. The number of Topliss-reactive ketones (excluding diaryl/α,β-unsaturated/α-hetero) is 1. The van der Waals surface area contributed by atoms with Crippen LogP contribution in [0.1, 0.15) is 68.6 Å². The maximum Gasteiger partial charge on any atom is 0.330 e. The third-order valence-electron chi connectivity index (χ3n) is 9.06. The molecule has 0 aromatic heterocycles. The standard InChI is InChI=1S/C32H38O5/c1-4-36-28-19-26-22(17-27(28)37-20-21-9-6-5-7-10-21)13-14-25-24(26)15-16-32(2)29(33)18-23(31(25)32)11-8-12-30(34)35-3/h5-10,12,17,19,23-25,31H,4,11,13-16,18,20H2,1-3H3/t23-,24-,25+,31-,32+/m0/s1. The lowest BCUT2D eigenvalue weighted by Crippen LogP contribution is -2.44. The van der Waals surface area contributed by atoms with Crippen LogP contribution in [-0.2, 0) is 27.4 Å². The third-order valence-corrected chi connectivity index (χ3v) is 9.06. The largest absolute Gasteiger partial charge is 0.490 e. The molecule has 0 N–H and O–H groups in total. The molecule has 196 valence electrons. The quantitative estimate of drug-likeness (QED) is 0.307. The van der Waals surface area contributed by atoms with E-state index in [0.29, 0.717) is 43.2 Å². The van der Waals surface area contributed by atoms with Crippen molar-refractivity contribution in [3.05, 3.63) is 71.3 Å². The van der Waals surface area contributed by atoms with Crippen LogP contribution in [-0.4, -0.2) is 25.5 Å². The van der Waals surface area contributed by atoms with Crippen LogP contribution >= 0.6 is 0 Å². The van der Waals surface area contributed by atoms with Gasteiger partial charge >= 0.3 is 5.97 Å². The molecule has 0 heterocycles. The van der Waals surface area contributed by atoms with Gasteiger partial charge in [0.1, 0.15) is 12.4 Å². The smallest absolute Gasteiger partial charge is 0.330 e. The SMILES string of the molecule is CCOc1cc2c(cc1OCc1ccccc1)CC[C@H]1[C@@H]3[C@@H](CC=CC(=O)OC)CC(=O)[C@@]3(C)CC[C@H]21. The molecule has 5 heteroatoms. The molecule has 5 rings (SSSR count). The number of ketones is 1. The van der Waals surface area contributed by atoms with E-state index >= 15 is 0 Å². The Labute approximate surface area is 220 Å². The average molecular weight is 503 g/mol. The second-order valence-corrected chi connectivity index (χ2v) is 11.0. The first-order chi connectivity index (χ1) is 17.9. The van der Waals surface area contributed by atoms with Crippen molar-refractivity contribution in [3.63, 3.8) is 0 Å². The Morgan fingerprint density at radius 3 is 2.65 bits per heavy atom. The topological polar surface area (TPSA) is 61.8 Å². The summed E-state index contributed by atoms with van der Waals surface area (Å²) in [6.07, 6.45) is 8.76. The fourth-order valence-corrected chi connectivity index (χ4v) is 7.37. The molecule has 3 aliphatic rings. The van der Waals surface area contributed by atoms with Crippen molar-refractivity contribution in [3.8, 4) is 11.5 Å². The van der Waals surface area contributed by atoms with Gasteiger partial charge in [-0.25, -0.2) is 4.79 Å². The normalized spacial score (nSPS) is 28.4. The average Bonchev–Trinajstić information content (AvgIpc) is 3.17. The summed E-state index contributed by atoms with van der Waals surface area (Å²) in [6, 6.07) is 14.6. The van der Waals surface area contributed by atoms with Gasteiger partial charge in [-0.05, 0) is 91.5 Å². The summed E-state index contributed by atoms with van der Waals surface area (Å²) in [7, 11) is 1.39. The van der Waals surface area contributed by atoms with Crippen LogP contribution in [0.4, 0.5) is 0 Å². The molecule has 37 heavy (non-hydrogen) atoms. The van der Waals surface area contributed by atoms with Gasteiger partial charge in [-0.15, -0.1) is 0 Å². The van der Waals surface area contributed by atoms with Crippen LogP contribution < -0.4 is 9.47 Å². The fourth-order valence-electron chi connectivity index (χ4n) is 7.37. The molecule has 0 bridgehead atoms. The maximum atomic E-state index is 13.2. The first-order valence-electron chi connectivity index (χ1n) is 13.7. The highest BCUT2D eigenvalue weighted by molar-refractivity contribution is 5.88. The van der Waals surface area contributed by atoms with E-state index in [1.54, 1.807) is 0 Å². The third kappa shape index (κ3) is 4.93. The van der Waals surface area contributed by atoms with E-state index in [2.05, 4.69) is 31.2 Å². The highest BCUT2D eigenvalue weighted by Gasteiger charge is 2.58. The molecule has 2 saturated carbocycles. The number of benzene rings is 2. The molecular weight excluding hydrogens is 464 g/mol. The van der Waals surface area contributed by atoms with Gasteiger partial charge in [-0.2, -0.15) is 0 Å². The highest BCUT2D eigenvalue weighted by Crippen LogP contribution is 2.62. The molecule has 2 fully saturated rings. The molecule has 0 unspecified atom stereocenters. The maximum absolute atomic E-state index is 13.2. The molecule has 0 radical (unpaired) electrons. The number of carbonyl (C=O) groups excluding carboxylic acids is 2. The lowest BCUT2D eigenvalue weighted by molar-refractivity contribution is -0.135. The lowest BCUT2D eigenvalue weighted by Gasteiger charge is -2.50. The summed E-state index contributed by atoms with van der Waals surface area (Å²) < 4.78 is 17.1. The summed E-state index contributed by atoms with van der Waals surface area (Å²) in [4.78, 5) is 24.8. The first-order valence-corrected chi connectivity index (χ1v) is 13.7. The Bertz CT molecular complexity index is 1170. The van der Waals surface area contributed by atoms with Gasteiger partial charge in [-0.3, -0.25) is 4.79 Å². The van der Waals surface area contributed by atoms with Gasteiger partial charge in [0, 0.05) is 17.9 Å². The Morgan fingerprint density at radius 2 is 1.89 bits per heavy atom. The number of ether oxygens (including phenoxy) is 3. The fraction of sp³-hybridized carbons (Fsp3) is 0.500. The van der Waals surface area contributed by atoms with Crippen LogP contribution in [0.25, 0.3) is 0 Å². The monoisotopic (exact) mass is 502 g/mol. The van der Waals surface area contributed by atoms with E-state index in [9.17, 15) is 9.59 Å². The van der Waals surface area contributed by atoms with Crippen molar-refractivity contribution >= 4 is 11.8 Å². The number of methoxy groups -OCH3 is 1. The van der Waals surface area contributed by atoms with E-state index in [1.807, 2.05) is 31.2 Å². The minimum Gasteiger partial charge on any atom is -0.490 e. The van der Waals surface area contributed by atoms with Gasteiger partial charge in [0.05, 0.1) is 13.7 Å². The number of hydrogen-bond donors (Lipinski definition) is 0. The minimum absolute atomic E-state index is 0.260. The number of rotatable bonds is 8. The molecule has 2 aromatic rings. The van der Waals surface area contributed by atoms with E-state index in [4.69, 9.17) is 14.2 Å². The van der Waals surface area contributed by atoms with Crippen molar-refractivity contribution in [1.82, 2.24) is 0 Å². The van der Waals surface area contributed by atoms with Crippen molar-refractivity contribution in [2.45, 2.75) is 64.9 Å². The highest BCUT2D eigenvalue weighted by atomic mass is 16.5. The van der Waals surface area contributed by atoms with Gasteiger partial charge < -0.3 is 14.2 Å². The van der Waals surface area contributed by atoms with E-state index in [1.165, 1.54) is 24.3 Å². The Hall–Kier alpha value is -3.08. The molecule has 5 atom stereocenters. The molecule has 2 aromatic carbocycles.